The van der Waals surface area contributed by atoms with E-state index in [4.69, 9.17) is 9.76 Å². The summed E-state index contributed by atoms with van der Waals surface area (Å²) in [6.07, 6.45) is 0.00608. The number of carbonyl (C=O) groups excluding carboxylic acids is 2. The lowest BCUT2D eigenvalue weighted by molar-refractivity contribution is -0.132. The number of aromatic carboxylic acids is 1. The van der Waals surface area contributed by atoms with E-state index in [9.17, 15) is 24.6 Å². The first-order chi connectivity index (χ1) is 15.0. The summed E-state index contributed by atoms with van der Waals surface area (Å²) in [5.74, 6) is -2.56. The Morgan fingerprint density at radius 3 is 2.50 bits per heavy atom. The molecule has 2 amide bonds. The predicted octanol–water partition coefficient (Wildman–Crippen LogP) is 0.127. The quantitative estimate of drug-likeness (QED) is 0.350. The average Bonchev–Trinajstić information content (AvgIpc) is 2.69. The van der Waals surface area contributed by atoms with Gasteiger partial charge < -0.3 is 30.2 Å². The number of hydrogen-bond acceptors (Lipinski definition) is 7. The van der Waals surface area contributed by atoms with Crippen molar-refractivity contribution in [3.63, 3.8) is 0 Å². The van der Waals surface area contributed by atoms with Crippen LogP contribution in [-0.4, -0.2) is 96.7 Å². The molecule has 0 bridgehead atoms. The van der Waals surface area contributed by atoms with Gasteiger partial charge in [0.2, 0.25) is 11.8 Å². The van der Waals surface area contributed by atoms with E-state index in [-0.39, 0.29) is 59.7 Å². The highest BCUT2D eigenvalue weighted by atomic mass is 16.5. The molecule has 11 heteroatoms. The van der Waals surface area contributed by atoms with Crippen LogP contribution in [0.4, 0.5) is 0 Å². The van der Waals surface area contributed by atoms with Gasteiger partial charge in [0.25, 0.3) is 7.48 Å². The lowest BCUT2D eigenvalue weighted by Crippen LogP contribution is -2.56. The van der Waals surface area contributed by atoms with Crippen LogP contribution in [0, 0.1) is 5.92 Å². The normalized spacial score (nSPS) is 15.9. The van der Waals surface area contributed by atoms with Crippen LogP contribution in [0.3, 0.4) is 0 Å². The van der Waals surface area contributed by atoms with Crippen LogP contribution in [0.2, 0.25) is 6.32 Å². The Hall–Kier alpha value is -2.79. The molecule has 1 fully saturated rings. The van der Waals surface area contributed by atoms with Crippen molar-refractivity contribution < 1.29 is 34.4 Å². The molecule has 0 unspecified atom stereocenters. The molecule has 2 rings (SSSR count). The highest BCUT2D eigenvalue weighted by Gasteiger charge is 2.33. The number of nitrogens with one attached hydrogen (secondary N) is 1. The maximum Gasteiger partial charge on any atom is 0.343 e. The van der Waals surface area contributed by atoms with E-state index in [1.165, 1.54) is 11.0 Å². The zero-order valence-electron chi connectivity index (χ0n) is 18.9. The third-order valence-electron chi connectivity index (χ3n) is 5.48. The Labute approximate surface area is 188 Å². The zero-order valence-corrected chi connectivity index (χ0v) is 18.9. The summed E-state index contributed by atoms with van der Waals surface area (Å²) in [5.41, 5.74) is 0.118. The maximum absolute atomic E-state index is 12.2. The molecule has 2 atom stereocenters. The SMILES string of the molecule is C[C@@H](CN1CC(Oc2ccc([C@@H](C)C[B]O)c(O)c2C(=O)O)C1)C(=O)NCC(=O)N(C)C. The number of ether oxygens (including phenoxy) is 1. The van der Waals surface area contributed by atoms with Crippen molar-refractivity contribution in [1.29, 1.82) is 0 Å². The van der Waals surface area contributed by atoms with Gasteiger partial charge in [-0.15, -0.1) is 0 Å². The van der Waals surface area contributed by atoms with Gasteiger partial charge in [-0.1, -0.05) is 19.9 Å². The maximum atomic E-state index is 12.2. The van der Waals surface area contributed by atoms with Gasteiger partial charge in [0.15, 0.2) is 0 Å². The van der Waals surface area contributed by atoms with Crippen LogP contribution in [-0.2, 0) is 9.59 Å². The summed E-state index contributed by atoms with van der Waals surface area (Å²) in [6.45, 7) is 4.98. The molecule has 0 aromatic heterocycles. The molecule has 1 aliphatic rings. The summed E-state index contributed by atoms with van der Waals surface area (Å²) in [6, 6.07) is 3.12. The fraction of sp³-hybridized carbons (Fsp3) is 0.571. The standard InChI is InChI=1S/C21H31BN3O7/c1-12(7-22-31)15-5-6-16(18(19(15)27)21(29)30)32-14-10-25(11-14)9-13(2)20(28)23-8-17(26)24(3)4/h5-6,12-14,27,31H,7-11H2,1-4H3,(H,23,28)(H,29,30)/t12-,13-/m0/s1. The number of likely N-dealkylation sites (N-methyl/N-ethyl adjacent to an activating group) is 1. The van der Waals surface area contributed by atoms with Gasteiger partial charge in [-0.3, -0.25) is 14.5 Å². The number of aromatic hydroxyl groups is 1. The highest BCUT2D eigenvalue weighted by Crippen LogP contribution is 2.37. The minimum Gasteiger partial charge on any atom is -0.507 e. The van der Waals surface area contributed by atoms with Crippen LogP contribution in [0.5, 0.6) is 11.5 Å². The number of benzene rings is 1. The lowest BCUT2D eigenvalue weighted by atomic mass is 9.81. The molecule has 0 spiro atoms. The summed E-state index contributed by atoms with van der Waals surface area (Å²) in [4.78, 5) is 38.9. The number of hydrogen-bond donors (Lipinski definition) is 4. The molecule has 4 N–H and O–H groups in total. The Balaban J connectivity index is 1.91. The van der Waals surface area contributed by atoms with Gasteiger partial charge in [-0.2, -0.15) is 0 Å². The number of amides is 2. The van der Waals surface area contributed by atoms with E-state index < -0.39 is 5.97 Å². The molecule has 32 heavy (non-hydrogen) atoms. The van der Waals surface area contributed by atoms with Crippen molar-refractivity contribution in [3.8, 4) is 11.5 Å². The molecule has 0 saturated carbocycles. The van der Waals surface area contributed by atoms with E-state index in [0.717, 1.165) is 7.48 Å². The predicted molar refractivity (Wildman–Crippen MR) is 118 cm³/mol. The topological polar surface area (TPSA) is 140 Å². The third kappa shape index (κ3) is 6.36. The van der Waals surface area contributed by atoms with Gasteiger partial charge in [0, 0.05) is 39.6 Å². The molecule has 1 aromatic rings. The number of phenols is 1. The summed E-state index contributed by atoms with van der Waals surface area (Å²) >= 11 is 0. The van der Waals surface area contributed by atoms with Gasteiger partial charge in [-0.05, 0) is 23.9 Å². The van der Waals surface area contributed by atoms with Crippen LogP contribution < -0.4 is 10.1 Å². The summed E-state index contributed by atoms with van der Waals surface area (Å²) in [7, 11) is 4.21. The van der Waals surface area contributed by atoms with Crippen molar-refractivity contribution in [2.24, 2.45) is 5.92 Å². The molecule has 1 aromatic carbocycles. The summed E-state index contributed by atoms with van der Waals surface area (Å²) in [5, 5.41) is 31.6. The zero-order chi connectivity index (χ0) is 24.0. The first-order valence-electron chi connectivity index (χ1n) is 10.5. The van der Waals surface area contributed by atoms with Crippen molar-refractivity contribution in [2.75, 3.05) is 40.3 Å². The second kappa shape index (κ2) is 11.2. The third-order valence-corrected chi connectivity index (χ3v) is 5.48. The molecule has 1 radical (unpaired) electrons. The van der Waals surface area contributed by atoms with Gasteiger partial charge in [0.1, 0.15) is 23.2 Å². The Bertz CT molecular complexity index is 843. The fourth-order valence-electron chi connectivity index (χ4n) is 3.47. The second-order valence-electron chi connectivity index (χ2n) is 8.37. The molecule has 175 valence electrons. The Morgan fingerprint density at radius 1 is 1.28 bits per heavy atom. The Morgan fingerprint density at radius 2 is 1.94 bits per heavy atom. The van der Waals surface area contributed by atoms with E-state index in [1.54, 1.807) is 34.0 Å². The number of likely N-dealkylation sites (tertiary alicyclic amines) is 1. The minimum atomic E-state index is -1.30. The van der Waals surface area contributed by atoms with Crippen LogP contribution in [0.25, 0.3) is 0 Å². The fourth-order valence-corrected chi connectivity index (χ4v) is 3.47. The van der Waals surface area contributed by atoms with Crippen molar-refractivity contribution in [2.45, 2.75) is 32.2 Å². The van der Waals surface area contributed by atoms with Crippen LogP contribution in [0.15, 0.2) is 12.1 Å². The molecule has 1 saturated heterocycles. The number of rotatable bonds is 11. The highest BCUT2D eigenvalue weighted by molar-refractivity contribution is 6.25. The first-order valence-corrected chi connectivity index (χ1v) is 10.5. The molecular formula is C21H31BN3O7. The van der Waals surface area contributed by atoms with Crippen molar-refractivity contribution >= 4 is 25.3 Å². The number of carboxylic acids is 1. The molecule has 10 nitrogen and oxygen atoms in total. The van der Waals surface area contributed by atoms with Crippen molar-refractivity contribution in [1.82, 2.24) is 15.1 Å². The Kier molecular flexibility index (Phi) is 8.91. The van der Waals surface area contributed by atoms with E-state index in [1.807, 2.05) is 4.90 Å². The first kappa shape index (κ1) is 25.5. The molecular weight excluding hydrogens is 417 g/mol. The molecule has 1 heterocycles. The molecule has 0 aliphatic carbocycles. The minimum absolute atomic E-state index is 0.0473. The largest absolute Gasteiger partial charge is 0.507 e. The molecule has 1 aliphatic heterocycles. The second-order valence-corrected chi connectivity index (χ2v) is 8.37. The van der Waals surface area contributed by atoms with Crippen molar-refractivity contribution in [3.05, 3.63) is 23.3 Å². The van der Waals surface area contributed by atoms with Gasteiger partial charge in [-0.25, -0.2) is 4.79 Å². The van der Waals surface area contributed by atoms with E-state index >= 15 is 0 Å². The van der Waals surface area contributed by atoms with Crippen LogP contribution in [0.1, 0.15) is 35.7 Å². The average molecular weight is 448 g/mol. The smallest absolute Gasteiger partial charge is 0.343 e. The van der Waals surface area contributed by atoms with E-state index in [2.05, 4.69) is 5.32 Å². The van der Waals surface area contributed by atoms with Gasteiger partial charge in [0.05, 0.1) is 6.54 Å². The number of carboxylic acid groups (broad SMARTS) is 1. The van der Waals surface area contributed by atoms with Crippen LogP contribution >= 0.6 is 0 Å². The number of nitrogens with zero attached hydrogens (tertiary/aromatic N) is 2. The van der Waals surface area contributed by atoms with E-state index in [0.29, 0.717) is 25.2 Å². The number of carbonyl (C=O) groups is 3. The lowest BCUT2D eigenvalue weighted by Gasteiger charge is -2.40. The monoisotopic (exact) mass is 448 g/mol. The summed E-state index contributed by atoms with van der Waals surface area (Å²) < 4.78 is 5.81. The van der Waals surface area contributed by atoms with Gasteiger partial charge >= 0.3 is 5.97 Å².